The van der Waals surface area contributed by atoms with Crippen LogP contribution in [0.15, 0.2) is 28.9 Å². The molecule has 27 heavy (non-hydrogen) atoms. The van der Waals surface area contributed by atoms with Gasteiger partial charge in [-0.1, -0.05) is 0 Å². The molecule has 2 aromatic rings. The number of aryl methyl sites for hydroxylation is 1. The van der Waals surface area contributed by atoms with Gasteiger partial charge in [0.1, 0.15) is 6.54 Å². The molecule has 0 aromatic carbocycles. The maximum Gasteiger partial charge on any atom is 0.325 e. The second kappa shape index (κ2) is 8.84. The molecule has 9 heteroatoms. The number of Topliss-reactive ketones (excluding diaryl/α,β-unsaturated/α-hetero) is 1. The molecule has 0 bridgehead atoms. The first kappa shape index (κ1) is 20.0. The predicted molar refractivity (Wildman–Crippen MR) is 94.2 cm³/mol. The van der Waals surface area contributed by atoms with Crippen LogP contribution >= 0.6 is 0 Å². The second-order valence-corrected chi connectivity index (χ2v) is 5.86. The Labute approximate surface area is 155 Å². The van der Waals surface area contributed by atoms with E-state index in [9.17, 15) is 19.2 Å². The van der Waals surface area contributed by atoms with Gasteiger partial charge in [0.2, 0.25) is 11.7 Å². The Hall–Kier alpha value is -3.36. The number of ketones is 1. The zero-order valence-electron chi connectivity index (χ0n) is 15.3. The van der Waals surface area contributed by atoms with Gasteiger partial charge in [-0.2, -0.15) is 0 Å². The summed E-state index contributed by atoms with van der Waals surface area (Å²) in [5.41, 5.74) is 2.20. The second-order valence-electron chi connectivity index (χ2n) is 5.86. The lowest BCUT2D eigenvalue weighted by Crippen LogP contribution is -2.39. The fraction of sp³-hybridized carbons (Fsp3) is 0.333. The van der Waals surface area contributed by atoms with Crippen LogP contribution in [-0.4, -0.2) is 47.8 Å². The summed E-state index contributed by atoms with van der Waals surface area (Å²) < 4.78 is 11.6. The molecule has 2 amide bonds. The van der Waals surface area contributed by atoms with Crippen LogP contribution in [-0.2, 0) is 21.4 Å². The van der Waals surface area contributed by atoms with E-state index < -0.39 is 30.9 Å². The lowest BCUT2D eigenvalue weighted by Gasteiger charge is -2.07. The molecular weight excluding hydrogens is 354 g/mol. The highest BCUT2D eigenvalue weighted by Gasteiger charge is 2.16. The molecule has 0 fully saturated rings. The van der Waals surface area contributed by atoms with Crippen molar-refractivity contribution in [1.82, 2.24) is 15.2 Å². The van der Waals surface area contributed by atoms with Crippen LogP contribution < -0.4 is 10.6 Å². The van der Waals surface area contributed by atoms with Gasteiger partial charge in [-0.3, -0.25) is 19.2 Å². The minimum absolute atomic E-state index is 0.0761. The fourth-order valence-electron chi connectivity index (χ4n) is 2.30. The Morgan fingerprint density at radius 2 is 1.89 bits per heavy atom. The van der Waals surface area contributed by atoms with Crippen molar-refractivity contribution in [2.75, 3.05) is 19.7 Å². The van der Waals surface area contributed by atoms with Crippen LogP contribution in [0.5, 0.6) is 0 Å². The molecule has 2 heterocycles. The van der Waals surface area contributed by atoms with E-state index in [2.05, 4.69) is 10.6 Å². The zero-order chi connectivity index (χ0) is 20.0. The molecule has 144 valence electrons. The van der Waals surface area contributed by atoms with E-state index >= 15 is 0 Å². The van der Waals surface area contributed by atoms with E-state index in [1.54, 1.807) is 19.1 Å². The molecular formula is C18H21N3O6. The summed E-state index contributed by atoms with van der Waals surface area (Å²) in [5.74, 6) is -2.11. The predicted octanol–water partition coefficient (Wildman–Crippen LogP) is 0.507. The lowest BCUT2D eigenvalue weighted by molar-refractivity contribution is -0.142. The number of aromatic nitrogens is 1. The third kappa shape index (κ3) is 5.30. The Balaban J connectivity index is 1.69. The number of nitrogens with zero attached hydrogens (tertiary/aromatic N) is 1. The molecule has 0 atom stereocenters. The minimum Gasteiger partial charge on any atom is -0.459 e. The zero-order valence-corrected chi connectivity index (χ0v) is 15.3. The number of rotatable bonds is 8. The average Bonchev–Trinajstić information content (AvgIpc) is 3.27. The summed E-state index contributed by atoms with van der Waals surface area (Å²) in [6.45, 7) is 2.53. The van der Waals surface area contributed by atoms with Gasteiger partial charge in [-0.25, -0.2) is 0 Å². The standard InChI is InChI=1S/C18H21N3O6/c1-11-7-13(12(2)21(11)3)14(22)10-27-17(24)9-19-16(23)8-20-18(25)15-5-4-6-26-15/h4-7H,8-10H2,1-3H3,(H,19,23)(H,20,25). The largest absolute Gasteiger partial charge is 0.459 e. The van der Waals surface area contributed by atoms with Gasteiger partial charge in [0.15, 0.2) is 12.4 Å². The van der Waals surface area contributed by atoms with Crippen molar-refractivity contribution in [2.24, 2.45) is 7.05 Å². The van der Waals surface area contributed by atoms with E-state index in [-0.39, 0.29) is 18.1 Å². The normalized spacial score (nSPS) is 10.3. The average molecular weight is 375 g/mol. The number of hydrogen-bond donors (Lipinski definition) is 2. The molecule has 2 rings (SSSR count). The molecule has 9 nitrogen and oxygen atoms in total. The van der Waals surface area contributed by atoms with Crippen molar-refractivity contribution < 1.29 is 28.3 Å². The molecule has 2 N–H and O–H groups in total. The van der Waals surface area contributed by atoms with E-state index in [4.69, 9.17) is 9.15 Å². The van der Waals surface area contributed by atoms with E-state index in [1.165, 1.54) is 12.3 Å². The van der Waals surface area contributed by atoms with Crippen LogP contribution in [0.3, 0.4) is 0 Å². The van der Waals surface area contributed by atoms with Crippen LogP contribution in [0, 0.1) is 13.8 Å². The summed E-state index contributed by atoms with van der Waals surface area (Å²) in [7, 11) is 1.84. The van der Waals surface area contributed by atoms with Gasteiger partial charge in [-0.15, -0.1) is 0 Å². The van der Waals surface area contributed by atoms with E-state index in [1.807, 2.05) is 18.5 Å². The van der Waals surface area contributed by atoms with Gasteiger partial charge in [0, 0.05) is 24.0 Å². The highest BCUT2D eigenvalue weighted by Crippen LogP contribution is 2.13. The first-order valence-corrected chi connectivity index (χ1v) is 8.19. The van der Waals surface area contributed by atoms with Gasteiger partial charge in [-0.05, 0) is 32.0 Å². The number of esters is 1. The van der Waals surface area contributed by atoms with Gasteiger partial charge >= 0.3 is 5.97 Å². The number of carbonyl (C=O) groups is 4. The summed E-state index contributed by atoms with van der Waals surface area (Å²) in [6, 6.07) is 4.73. The first-order valence-electron chi connectivity index (χ1n) is 8.19. The van der Waals surface area contributed by atoms with Crippen molar-refractivity contribution in [3.8, 4) is 0 Å². The Morgan fingerprint density at radius 1 is 1.15 bits per heavy atom. The molecule has 0 aliphatic carbocycles. The summed E-state index contributed by atoms with van der Waals surface area (Å²) in [5, 5.41) is 4.64. The smallest absolute Gasteiger partial charge is 0.325 e. The third-order valence-electron chi connectivity index (χ3n) is 4.02. The highest BCUT2D eigenvalue weighted by molar-refractivity contribution is 5.99. The Bertz CT molecular complexity index is 851. The number of furan rings is 1. The number of ether oxygens (including phenoxy) is 1. The van der Waals surface area contributed by atoms with Crippen LogP contribution in [0.2, 0.25) is 0 Å². The molecule has 0 saturated heterocycles. The third-order valence-corrected chi connectivity index (χ3v) is 4.02. The fourth-order valence-corrected chi connectivity index (χ4v) is 2.30. The minimum atomic E-state index is -0.751. The van der Waals surface area contributed by atoms with Gasteiger partial charge in [0.05, 0.1) is 12.8 Å². The molecule has 0 aliphatic heterocycles. The van der Waals surface area contributed by atoms with E-state index in [0.29, 0.717) is 5.56 Å². The van der Waals surface area contributed by atoms with Crippen molar-refractivity contribution in [3.05, 3.63) is 47.2 Å². The summed E-state index contributed by atoms with van der Waals surface area (Å²) in [4.78, 5) is 47.0. The number of hydrogen-bond acceptors (Lipinski definition) is 6. The molecule has 2 aromatic heterocycles. The molecule has 0 radical (unpaired) electrons. The summed E-state index contributed by atoms with van der Waals surface area (Å²) >= 11 is 0. The van der Waals surface area contributed by atoms with Crippen LogP contribution in [0.1, 0.15) is 32.3 Å². The van der Waals surface area contributed by atoms with Gasteiger partial charge in [0.25, 0.3) is 5.91 Å². The molecule has 0 spiro atoms. The highest BCUT2D eigenvalue weighted by atomic mass is 16.5. The lowest BCUT2D eigenvalue weighted by atomic mass is 10.1. The van der Waals surface area contributed by atoms with Crippen molar-refractivity contribution in [2.45, 2.75) is 13.8 Å². The van der Waals surface area contributed by atoms with Crippen molar-refractivity contribution in [3.63, 3.8) is 0 Å². The first-order chi connectivity index (χ1) is 12.8. The Kier molecular flexibility index (Phi) is 6.53. The van der Waals surface area contributed by atoms with E-state index in [0.717, 1.165) is 11.4 Å². The maximum atomic E-state index is 12.1. The molecule has 0 aliphatic rings. The topological polar surface area (TPSA) is 120 Å². The maximum absolute atomic E-state index is 12.1. The van der Waals surface area contributed by atoms with Crippen LogP contribution in [0.4, 0.5) is 0 Å². The van der Waals surface area contributed by atoms with Crippen LogP contribution in [0.25, 0.3) is 0 Å². The van der Waals surface area contributed by atoms with Gasteiger partial charge < -0.3 is 24.4 Å². The van der Waals surface area contributed by atoms with Crippen molar-refractivity contribution >= 4 is 23.6 Å². The summed E-state index contributed by atoms with van der Waals surface area (Å²) in [6.07, 6.45) is 1.34. The molecule has 0 saturated carbocycles. The van der Waals surface area contributed by atoms with Crippen molar-refractivity contribution in [1.29, 1.82) is 0 Å². The SMILES string of the molecule is Cc1cc(C(=O)COC(=O)CNC(=O)CNC(=O)c2ccco2)c(C)n1C. The number of amides is 2. The monoisotopic (exact) mass is 375 g/mol. The number of nitrogens with one attached hydrogen (secondary N) is 2. The Morgan fingerprint density at radius 3 is 2.48 bits per heavy atom. The number of carbonyl (C=O) groups excluding carboxylic acids is 4. The molecule has 0 unspecified atom stereocenters. The quantitative estimate of drug-likeness (QED) is 0.512.